The van der Waals surface area contributed by atoms with Crippen molar-refractivity contribution in [3.05, 3.63) is 24.2 Å². The lowest BCUT2D eigenvalue weighted by atomic mass is 9.82. The van der Waals surface area contributed by atoms with Gasteiger partial charge in [-0.2, -0.15) is 0 Å². The van der Waals surface area contributed by atoms with E-state index in [9.17, 15) is 0 Å². The summed E-state index contributed by atoms with van der Waals surface area (Å²) in [5, 5.41) is 0. The van der Waals surface area contributed by atoms with Crippen LogP contribution in [0.25, 0.3) is 0 Å². The summed E-state index contributed by atoms with van der Waals surface area (Å²) in [6, 6.07) is 3.87. The predicted octanol–water partition coefficient (Wildman–Crippen LogP) is 1.90. The lowest BCUT2D eigenvalue weighted by molar-refractivity contribution is 0.0779. The fourth-order valence-electron chi connectivity index (χ4n) is 2.51. The molecule has 1 atom stereocenters. The SMILES string of the molecule is CCC(CC)(C(NN)c1ccco1)N(C)C. The van der Waals surface area contributed by atoms with Crippen LogP contribution in [0.5, 0.6) is 0 Å². The molecule has 1 unspecified atom stereocenters. The van der Waals surface area contributed by atoms with Crippen LogP contribution in [0, 0.1) is 0 Å². The van der Waals surface area contributed by atoms with Gasteiger partial charge in [-0.25, -0.2) is 5.43 Å². The Kier molecular flexibility index (Phi) is 4.53. The second-order valence-electron chi connectivity index (χ2n) is 4.32. The number of furan rings is 1. The Bertz CT molecular complexity index is 291. The minimum absolute atomic E-state index is 0.00694. The zero-order valence-corrected chi connectivity index (χ0v) is 10.7. The third-order valence-electron chi connectivity index (χ3n) is 3.65. The maximum Gasteiger partial charge on any atom is 0.123 e. The number of rotatable bonds is 6. The van der Waals surface area contributed by atoms with Gasteiger partial charge in [-0.1, -0.05) is 13.8 Å². The third-order valence-corrected chi connectivity index (χ3v) is 3.65. The summed E-state index contributed by atoms with van der Waals surface area (Å²) in [6.07, 6.45) is 3.70. The Labute approximate surface area is 97.8 Å². The van der Waals surface area contributed by atoms with Crippen LogP contribution in [0.4, 0.5) is 0 Å². The molecule has 0 aromatic carbocycles. The summed E-state index contributed by atoms with van der Waals surface area (Å²) in [7, 11) is 4.17. The molecule has 4 nitrogen and oxygen atoms in total. The van der Waals surface area contributed by atoms with Crippen LogP contribution < -0.4 is 11.3 Å². The molecular formula is C12H23N3O. The van der Waals surface area contributed by atoms with Gasteiger partial charge in [-0.05, 0) is 39.1 Å². The predicted molar refractivity (Wildman–Crippen MR) is 65.8 cm³/mol. The summed E-state index contributed by atoms with van der Waals surface area (Å²) in [5.41, 5.74) is 2.87. The molecule has 1 heterocycles. The van der Waals surface area contributed by atoms with Crippen LogP contribution >= 0.6 is 0 Å². The highest BCUT2D eigenvalue weighted by Crippen LogP contribution is 2.35. The van der Waals surface area contributed by atoms with Gasteiger partial charge >= 0.3 is 0 Å². The van der Waals surface area contributed by atoms with Crippen molar-refractivity contribution in [1.82, 2.24) is 10.3 Å². The molecule has 1 rings (SSSR count). The maximum atomic E-state index is 5.70. The quantitative estimate of drug-likeness (QED) is 0.573. The standard InChI is InChI=1S/C12H23N3O/c1-5-12(6-2,15(3)4)11(14-13)10-8-7-9-16-10/h7-9,11,14H,5-6,13H2,1-4H3. The van der Waals surface area contributed by atoms with Gasteiger partial charge in [-0.3, -0.25) is 5.84 Å². The van der Waals surface area contributed by atoms with E-state index in [0.29, 0.717) is 0 Å². The third kappa shape index (κ3) is 2.14. The zero-order valence-electron chi connectivity index (χ0n) is 10.7. The molecule has 0 fully saturated rings. The first-order valence-electron chi connectivity index (χ1n) is 5.79. The summed E-state index contributed by atoms with van der Waals surface area (Å²) < 4.78 is 5.48. The number of nitrogens with one attached hydrogen (secondary N) is 1. The van der Waals surface area contributed by atoms with E-state index in [1.54, 1.807) is 6.26 Å². The second-order valence-corrected chi connectivity index (χ2v) is 4.32. The molecule has 0 bridgehead atoms. The van der Waals surface area contributed by atoms with Gasteiger partial charge in [0, 0.05) is 5.54 Å². The van der Waals surface area contributed by atoms with E-state index >= 15 is 0 Å². The van der Waals surface area contributed by atoms with E-state index in [2.05, 4.69) is 38.3 Å². The molecule has 0 radical (unpaired) electrons. The Morgan fingerprint density at radius 3 is 2.38 bits per heavy atom. The average molecular weight is 225 g/mol. The molecule has 0 aliphatic heterocycles. The topological polar surface area (TPSA) is 54.4 Å². The molecule has 3 N–H and O–H groups in total. The molecule has 0 spiro atoms. The fraction of sp³-hybridized carbons (Fsp3) is 0.667. The smallest absolute Gasteiger partial charge is 0.123 e. The lowest BCUT2D eigenvalue weighted by Gasteiger charge is -2.43. The van der Waals surface area contributed by atoms with Crippen molar-refractivity contribution in [2.75, 3.05) is 14.1 Å². The van der Waals surface area contributed by atoms with Gasteiger partial charge in [0.2, 0.25) is 0 Å². The van der Waals surface area contributed by atoms with E-state index in [1.165, 1.54) is 0 Å². The Hall–Kier alpha value is -0.840. The monoisotopic (exact) mass is 225 g/mol. The van der Waals surface area contributed by atoms with Gasteiger partial charge in [0.05, 0.1) is 12.3 Å². The van der Waals surface area contributed by atoms with E-state index in [1.807, 2.05) is 12.1 Å². The largest absolute Gasteiger partial charge is 0.468 e. The molecule has 0 saturated carbocycles. The van der Waals surface area contributed by atoms with E-state index < -0.39 is 0 Å². The van der Waals surface area contributed by atoms with Gasteiger partial charge in [0.25, 0.3) is 0 Å². The summed E-state index contributed by atoms with van der Waals surface area (Å²) >= 11 is 0. The lowest BCUT2D eigenvalue weighted by Crippen LogP contribution is -2.54. The summed E-state index contributed by atoms with van der Waals surface area (Å²) in [5.74, 6) is 6.59. The van der Waals surface area contributed by atoms with E-state index in [-0.39, 0.29) is 11.6 Å². The van der Waals surface area contributed by atoms with Gasteiger partial charge < -0.3 is 9.32 Å². The van der Waals surface area contributed by atoms with Crippen molar-refractivity contribution < 1.29 is 4.42 Å². The minimum atomic E-state index is -0.0212. The highest BCUT2D eigenvalue weighted by atomic mass is 16.3. The number of likely N-dealkylation sites (N-methyl/N-ethyl adjacent to an activating group) is 1. The van der Waals surface area contributed by atoms with Crippen molar-refractivity contribution in [3.8, 4) is 0 Å². The molecule has 0 amide bonds. The molecule has 4 heteroatoms. The second kappa shape index (κ2) is 5.48. The Balaban J connectivity index is 3.08. The number of hydrogen-bond donors (Lipinski definition) is 2. The first-order valence-corrected chi connectivity index (χ1v) is 5.79. The van der Waals surface area contributed by atoms with Gasteiger partial charge in [0.1, 0.15) is 5.76 Å². The number of nitrogens with zero attached hydrogens (tertiary/aromatic N) is 1. The Morgan fingerprint density at radius 2 is 2.06 bits per heavy atom. The van der Waals surface area contributed by atoms with Crippen molar-refractivity contribution >= 4 is 0 Å². The molecule has 1 aromatic heterocycles. The van der Waals surface area contributed by atoms with Crippen molar-refractivity contribution in [2.24, 2.45) is 5.84 Å². The van der Waals surface area contributed by atoms with Crippen LogP contribution in [0.3, 0.4) is 0 Å². The molecular weight excluding hydrogens is 202 g/mol. The van der Waals surface area contributed by atoms with Crippen LogP contribution in [-0.4, -0.2) is 24.5 Å². The molecule has 92 valence electrons. The van der Waals surface area contributed by atoms with E-state index in [0.717, 1.165) is 18.6 Å². The summed E-state index contributed by atoms with van der Waals surface area (Å²) in [4.78, 5) is 2.22. The fourth-order valence-corrected chi connectivity index (χ4v) is 2.51. The van der Waals surface area contributed by atoms with Crippen LogP contribution in [-0.2, 0) is 0 Å². The van der Waals surface area contributed by atoms with Crippen LogP contribution in [0.2, 0.25) is 0 Å². The molecule has 1 aromatic rings. The highest BCUT2D eigenvalue weighted by Gasteiger charge is 2.39. The normalized spacial score (nSPS) is 14.4. The Morgan fingerprint density at radius 1 is 1.44 bits per heavy atom. The molecule has 0 aliphatic carbocycles. The van der Waals surface area contributed by atoms with Gasteiger partial charge in [-0.15, -0.1) is 0 Å². The zero-order chi connectivity index (χ0) is 12.2. The first kappa shape index (κ1) is 13.2. The maximum absolute atomic E-state index is 5.70. The van der Waals surface area contributed by atoms with Crippen LogP contribution in [0.1, 0.15) is 38.5 Å². The van der Waals surface area contributed by atoms with Crippen molar-refractivity contribution in [1.29, 1.82) is 0 Å². The minimum Gasteiger partial charge on any atom is -0.468 e. The average Bonchev–Trinajstić information content (AvgIpc) is 2.78. The van der Waals surface area contributed by atoms with Crippen LogP contribution in [0.15, 0.2) is 22.8 Å². The summed E-state index contributed by atoms with van der Waals surface area (Å²) in [6.45, 7) is 4.35. The number of hydrazine groups is 1. The molecule has 0 aliphatic rings. The molecule has 16 heavy (non-hydrogen) atoms. The van der Waals surface area contributed by atoms with E-state index in [4.69, 9.17) is 10.3 Å². The first-order chi connectivity index (χ1) is 7.62. The highest BCUT2D eigenvalue weighted by molar-refractivity contribution is 5.12. The number of nitrogens with two attached hydrogens (primary N) is 1. The van der Waals surface area contributed by atoms with Gasteiger partial charge in [0.15, 0.2) is 0 Å². The van der Waals surface area contributed by atoms with Crippen molar-refractivity contribution in [3.63, 3.8) is 0 Å². The molecule has 0 saturated heterocycles. The number of hydrogen-bond acceptors (Lipinski definition) is 4. The van der Waals surface area contributed by atoms with Crippen molar-refractivity contribution in [2.45, 2.75) is 38.3 Å².